The first-order valence-corrected chi connectivity index (χ1v) is 10.9. The molecule has 0 saturated carbocycles. The van der Waals surface area contributed by atoms with Gasteiger partial charge < -0.3 is 9.47 Å². The van der Waals surface area contributed by atoms with Crippen LogP contribution in [-0.4, -0.2) is 25.1 Å². The molecule has 0 aliphatic heterocycles. The fraction of sp³-hybridized carbons (Fsp3) is 0.0769. The Balaban J connectivity index is 1.63. The van der Waals surface area contributed by atoms with E-state index in [0.29, 0.717) is 27.9 Å². The first kappa shape index (κ1) is 21.3. The lowest BCUT2D eigenvalue weighted by atomic mass is 10.0. The summed E-state index contributed by atoms with van der Waals surface area (Å²) in [7, 11) is 3.23. The third kappa shape index (κ3) is 4.87. The molecule has 1 amide bonds. The molecule has 0 radical (unpaired) electrons. The van der Waals surface area contributed by atoms with Gasteiger partial charge in [-0.15, -0.1) is 11.3 Å². The average molecular weight is 443 g/mol. The van der Waals surface area contributed by atoms with Crippen molar-refractivity contribution in [3.8, 4) is 22.8 Å². The van der Waals surface area contributed by atoms with E-state index in [2.05, 4.69) is 10.3 Å². The first-order chi connectivity index (χ1) is 15.7. The molecule has 0 atom stereocenters. The Hall–Kier alpha value is -3.90. The molecule has 0 saturated heterocycles. The number of anilines is 1. The zero-order valence-electron chi connectivity index (χ0n) is 17.7. The van der Waals surface area contributed by atoms with E-state index in [9.17, 15) is 4.79 Å². The average Bonchev–Trinajstić information content (AvgIpc) is 3.31. The monoisotopic (exact) mass is 442 g/mol. The van der Waals surface area contributed by atoms with Crippen LogP contribution in [0.25, 0.3) is 22.9 Å². The van der Waals surface area contributed by atoms with Crippen LogP contribution in [0.2, 0.25) is 0 Å². The van der Waals surface area contributed by atoms with E-state index in [1.54, 1.807) is 14.2 Å². The van der Waals surface area contributed by atoms with Crippen LogP contribution in [0.5, 0.6) is 11.5 Å². The molecule has 0 spiro atoms. The number of nitrogens with zero attached hydrogens (tertiary/aromatic N) is 1. The minimum Gasteiger partial charge on any atom is -0.497 e. The van der Waals surface area contributed by atoms with E-state index in [1.165, 1.54) is 11.3 Å². The number of carbonyl (C=O) groups is 1. The second-order valence-electron chi connectivity index (χ2n) is 6.89. The minimum absolute atomic E-state index is 0.224. The lowest BCUT2D eigenvalue weighted by Gasteiger charge is -2.09. The van der Waals surface area contributed by atoms with E-state index in [-0.39, 0.29) is 5.91 Å². The Morgan fingerprint density at radius 1 is 0.938 bits per heavy atom. The van der Waals surface area contributed by atoms with E-state index >= 15 is 0 Å². The predicted octanol–water partition coefficient (Wildman–Crippen LogP) is 6.01. The van der Waals surface area contributed by atoms with Crippen molar-refractivity contribution in [3.63, 3.8) is 0 Å². The molecule has 0 aliphatic rings. The third-order valence-corrected chi connectivity index (χ3v) is 5.60. The number of hydrogen-bond acceptors (Lipinski definition) is 5. The van der Waals surface area contributed by atoms with Crippen molar-refractivity contribution < 1.29 is 14.3 Å². The van der Waals surface area contributed by atoms with E-state index in [4.69, 9.17) is 9.47 Å². The summed E-state index contributed by atoms with van der Waals surface area (Å²) in [5.41, 5.74) is 3.84. The Bertz CT molecular complexity index is 1230. The van der Waals surface area contributed by atoms with Crippen molar-refractivity contribution in [2.45, 2.75) is 0 Å². The number of carbonyl (C=O) groups excluding carboxylic acids is 1. The lowest BCUT2D eigenvalue weighted by molar-refractivity contribution is -0.111. The molecule has 160 valence electrons. The fourth-order valence-corrected chi connectivity index (χ4v) is 3.95. The van der Waals surface area contributed by atoms with Gasteiger partial charge >= 0.3 is 0 Å². The molecule has 0 unspecified atom stereocenters. The quantitative estimate of drug-likeness (QED) is 0.281. The molecule has 1 aromatic heterocycles. The number of nitrogens with one attached hydrogen (secondary N) is 1. The smallest absolute Gasteiger partial charge is 0.258 e. The van der Waals surface area contributed by atoms with Gasteiger partial charge in [-0.3, -0.25) is 10.1 Å². The topological polar surface area (TPSA) is 60.5 Å². The molecule has 6 heteroatoms. The molecule has 4 aromatic rings. The van der Waals surface area contributed by atoms with Crippen LogP contribution in [0.15, 0.2) is 84.2 Å². The molecule has 4 rings (SSSR count). The number of aromatic nitrogens is 1. The van der Waals surface area contributed by atoms with Crippen LogP contribution in [0, 0.1) is 0 Å². The summed E-state index contributed by atoms with van der Waals surface area (Å²) >= 11 is 1.36. The fourth-order valence-electron chi connectivity index (χ4n) is 3.25. The highest BCUT2D eigenvalue weighted by atomic mass is 32.1. The number of methoxy groups -OCH3 is 2. The number of thiazole rings is 1. The molecule has 1 N–H and O–H groups in total. The van der Waals surface area contributed by atoms with Gasteiger partial charge in [-0.05, 0) is 35.4 Å². The van der Waals surface area contributed by atoms with Gasteiger partial charge in [0, 0.05) is 16.5 Å². The van der Waals surface area contributed by atoms with Crippen LogP contribution < -0.4 is 14.8 Å². The van der Waals surface area contributed by atoms with Gasteiger partial charge in [0.2, 0.25) is 0 Å². The number of rotatable bonds is 7. The highest BCUT2D eigenvalue weighted by molar-refractivity contribution is 7.14. The largest absolute Gasteiger partial charge is 0.497 e. The van der Waals surface area contributed by atoms with Gasteiger partial charge in [0.05, 0.1) is 19.9 Å². The van der Waals surface area contributed by atoms with Gasteiger partial charge in [-0.1, -0.05) is 60.7 Å². The van der Waals surface area contributed by atoms with Crippen molar-refractivity contribution in [1.82, 2.24) is 4.98 Å². The van der Waals surface area contributed by atoms with E-state index in [1.807, 2.05) is 90.3 Å². The second kappa shape index (κ2) is 9.94. The lowest BCUT2D eigenvalue weighted by Crippen LogP contribution is -2.13. The minimum atomic E-state index is -0.224. The van der Waals surface area contributed by atoms with Crippen molar-refractivity contribution >= 4 is 34.0 Å². The Morgan fingerprint density at radius 3 is 2.34 bits per heavy atom. The molecular formula is C26H22N2O3S. The SMILES string of the molecule is COc1ccc(OC)c(-c2csc(NC(=O)/C(=C/c3ccccc3)c3ccccc3)n2)c1. The van der Waals surface area contributed by atoms with E-state index < -0.39 is 0 Å². The third-order valence-electron chi connectivity index (χ3n) is 4.85. The maximum absolute atomic E-state index is 13.2. The summed E-state index contributed by atoms with van der Waals surface area (Å²) in [5.74, 6) is 1.16. The van der Waals surface area contributed by atoms with Crippen LogP contribution in [-0.2, 0) is 4.79 Å². The van der Waals surface area contributed by atoms with Crippen molar-refractivity contribution in [1.29, 1.82) is 0 Å². The number of amides is 1. The highest BCUT2D eigenvalue weighted by Crippen LogP contribution is 2.35. The van der Waals surface area contributed by atoms with Crippen molar-refractivity contribution in [2.24, 2.45) is 0 Å². The van der Waals surface area contributed by atoms with Gasteiger partial charge in [-0.2, -0.15) is 0 Å². The number of hydrogen-bond donors (Lipinski definition) is 1. The molecule has 0 fully saturated rings. The van der Waals surface area contributed by atoms with Crippen LogP contribution >= 0.6 is 11.3 Å². The summed E-state index contributed by atoms with van der Waals surface area (Å²) in [4.78, 5) is 17.8. The van der Waals surface area contributed by atoms with E-state index in [0.717, 1.165) is 16.7 Å². The molecule has 3 aromatic carbocycles. The molecule has 1 heterocycles. The number of ether oxygens (including phenoxy) is 2. The van der Waals surface area contributed by atoms with Crippen LogP contribution in [0.1, 0.15) is 11.1 Å². The maximum Gasteiger partial charge on any atom is 0.258 e. The van der Waals surface area contributed by atoms with Crippen molar-refractivity contribution in [3.05, 3.63) is 95.4 Å². The summed E-state index contributed by atoms with van der Waals surface area (Å²) in [6, 6.07) is 24.9. The Labute approximate surface area is 191 Å². The number of benzene rings is 3. The van der Waals surface area contributed by atoms with Gasteiger partial charge in [-0.25, -0.2) is 4.98 Å². The van der Waals surface area contributed by atoms with Gasteiger partial charge in [0.25, 0.3) is 5.91 Å². The Kier molecular flexibility index (Phi) is 6.63. The molecule has 0 bridgehead atoms. The van der Waals surface area contributed by atoms with Gasteiger partial charge in [0.1, 0.15) is 11.5 Å². The molecule has 32 heavy (non-hydrogen) atoms. The molecule has 5 nitrogen and oxygen atoms in total. The maximum atomic E-state index is 13.2. The van der Waals surface area contributed by atoms with Crippen LogP contribution in [0.3, 0.4) is 0 Å². The highest BCUT2D eigenvalue weighted by Gasteiger charge is 2.16. The summed E-state index contributed by atoms with van der Waals surface area (Å²) < 4.78 is 10.8. The molecule has 0 aliphatic carbocycles. The zero-order chi connectivity index (χ0) is 22.3. The summed E-state index contributed by atoms with van der Waals surface area (Å²) in [6.07, 6.45) is 1.88. The van der Waals surface area contributed by atoms with Crippen LogP contribution in [0.4, 0.5) is 5.13 Å². The van der Waals surface area contributed by atoms with Gasteiger partial charge in [0.15, 0.2) is 5.13 Å². The zero-order valence-corrected chi connectivity index (χ0v) is 18.6. The standard InChI is InChI=1S/C26H22N2O3S/c1-30-20-13-14-24(31-2)22(16-20)23-17-32-26(27-23)28-25(29)21(19-11-7-4-8-12-19)15-18-9-5-3-6-10-18/h3-17H,1-2H3,(H,27,28,29)/b21-15+. The normalized spacial score (nSPS) is 11.1. The van der Waals surface area contributed by atoms with Crippen molar-refractivity contribution in [2.75, 3.05) is 19.5 Å². The predicted molar refractivity (Wildman–Crippen MR) is 130 cm³/mol. The summed E-state index contributed by atoms with van der Waals surface area (Å²) in [5, 5.41) is 5.33. The second-order valence-corrected chi connectivity index (χ2v) is 7.75. The summed E-state index contributed by atoms with van der Waals surface area (Å²) in [6.45, 7) is 0. The Morgan fingerprint density at radius 2 is 1.66 bits per heavy atom. The first-order valence-electron chi connectivity index (χ1n) is 9.99. The molecular weight excluding hydrogens is 420 g/mol.